The summed E-state index contributed by atoms with van der Waals surface area (Å²) in [4.78, 5) is 12.5. The van der Waals surface area contributed by atoms with Crippen molar-refractivity contribution in [2.75, 3.05) is 25.0 Å². The molecule has 0 radical (unpaired) electrons. The monoisotopic (exact) mass is 494 g/mol. The molecule has 30 heavy (non-hydrogen) atoms. The molecule has 0 aromatic heterocycles. The highest BCUT2D eigenvalue weighted by Crippen LogP contribution is 2.30. The van der Waals surface area contributed by atoms with E-state index < -0.39 is 10.0 Å². The van der Waals surface area contributed by atoms with Crippen LogP contribution in [0.3, 0.4) is 0 Å². The number of anilines is 1. The van der Waals surface area contributed by atoms with Crippen LogP contribution in [0.5, 0.6) is 5.75 Å². The van der Waals surface area contributed by atoms with Crippen LogP contribution in [0.15, 0.2) is 51.8 Å². The van der Waals surface area contributed by atoms with Crippen LogP contribution in [-0.4, -0.2) is 38.3 Å². The summed E-state index contributed by atoms with van der Waals surface area (Å²) in [5.74, 6) is 0.739. The van der Waals surface area contributed by atoms with Crippen LogP contribution in [0.2, 0.25) is 0 Å². The van der Waals surface area contributed by atoms with E-state index in [4.69, 9.17) is 4.74 Å². The van der Waals surface area contributed by atoms with E-state index in [1.54, 1.807) is 12.1 Å². The van der Waals surface area contributed by atoms with Crippen LogP contribution in [0.25, 0.3) is 0 Å². The van der Waals surface area contributed by atoms with Crippen LogP contribution in [0.4, 0.5) is 5.69 Å². The summed E-state index contributed by atoms with van der Waals surface area (Å²) in [5, 5.41) is 2.73. The zero-order chi connectivity index (χ0) is 21.7. The molecule has 0 bridgehead atoms. The number of nitrogens with one attached hydrogen (secondary N) is 1. The Bertz CT molecular complexity index is 987. The predicted molar refractivity (Wildman–Crippen MR) is 121 cm³/mol. The van der Waals surface area contributed by atoms with Crippen molar-refractivity contribution in [3.63, 3.8) is 0 Å². The summed E-state index contributed by atoms with van der Waals surface area (Å²) in [6.07, 6.45) is 2.83. The number of carbonyl (C=O) groups is 1. The number of amides is 1. The molecular weight excluding hydrogens is 468 g/mol. The Morgan fingerprint density at radius 3 is 2.43 bits per heavy atom. The van der Waals surface area contributed by atoms with Gasteiger partial charge in [-0.15, -0.1) is 0 Å². The van der Waals surface area contributed by atoms with Crippen molar-refractivity contribution < 1.29 is 17.9 Å². The first-order chi connectivity index (χ1) is 14.3. The Kier molecular flexibility index (Phi) is 7.55. The first-order valence-electron chi connectivity index (χ1n) is 10.1. The second-order valence-corrected chi connectivity index (χ2v) is 10.3. The molecular formula is C22H27BrN2O4S. The number of hydrogen-bond acceptors (Lipinski definition) is 4. The van der Waals surface area contributed by atoms with Gasteiger partial charge >= 0.3 is 0 Å². The molecule has 0 saturated carbocycles. The van der Waals surface area contributed by atoms with E-state index in [9.17, 15) is 13.2 Å². The van der Waals surface area contributed by atoms with Gasteiger partial charge in [0.25, 0.3) is 5.91 Å². The molecule has 1 aliphatic rings. The van der Waals surface area contributed by atoms with Gasteiger partial charge in [0, 0.05) is 18.8 Å². The van der Waals surface area contributed by atoms with E-state index in [1.165, 1.54) is 22.0 Å². The molecule has 162 valence electrons. The summed E-state index contributed by atoms with van der Waals surface area (Å²) < 4.78 is 33.0. The number of sulfonamides is 1. The lowest BCUT2D eigenvalue weighted by Crippen LogP contribution is -2.27. The first-order valence-corrected chi connectivity index (χ1v) is 12.4. The van der Waals surface area contributed by atoms with Crippen molar-refractivity contribution in [3.05, 3.63) is 52.5 Å². The van der Waals surface area contributed by atoms with Gasteiger partial charge < -0.3 is 10.1 Å². The smallest absolute Gasteiger partial charge is 0.262 e. The SMILES string of the molecule is CCC(C)c1ccc(OCC(=O)Nc2ccc(S(=O)(=O)N3CCCC3)cc2)c(Br)c1. The molecule has 1 heterocycles. The number of ether oxygens (including phenoxy) is 1. The fourth-order valence-electron chi connectivity index (χ4n) is 3.30. The van der Waals surface area contributed by atoms with Gasteiger partial charge in [0.15, 0.2) is 6.61 Å². The van der Waals surface area contributed by atoms with E-state index in [1.807, 2.05) is 18.2 Å². The Morgan fingerprint density at radius 1 is 1.17 bits per heavy atom. The molecule has 1 unspecified atom stereocenters. The third kappa shape index (κ3) is 5.42. The molecule has 1 saturated heterocycles. The van der Waals surface area contributed by atoms with E-state index in [2.05, 4.69) is 35.1 Å². The number of halogens is 1. The summed E-state index contributed by atoms with van der Waals surface area (Å²) in [6.45, 7) is 5.28. The van der Waals surface area contributed by atoms with Crippen LogP contribution in [0, 0.1) is 0 Å². The van der Waals surface area contributed by atoms with Crippen LogP contribution >= 0.6 is 15.9 Å². The molecule has 0 aliphatic carbocycles. The number of hydrogen-bond donors (Lipinski definition) is 1. The molecule has 1 aliphatic heterocycles. The second-order valence-electron chi connectivity index (χ2n) is 7.47. The fourth-order valence-corrected chi connectivity index (χ4v) is 5.33. The minimum absolute atomic E-state index is 0.144. The van der Waals surface area contributed by atoms with E-state index in [0.717, 1.165) is 23.7 Å². The maximum atomic E-state index is 12.6. The zero-order valence-electron chi connectivity index (χ0n) is 17.2. The molecule has 1 atom stereocenters. The normalized spacial score (nSPS) is 15.7. The van der Waals surface area contributed by atoms with Gasteiger partial charge in [-0.1, -0.05) is 19.9 Å². The lowest BCUT2D eigenvalue weighted by atomic mass is 9.99. The van der Waals surface area contributed by atoms with Gasteiger partial charge in [0.1, 0.15) is 5.75 Å². The lowest BCUT2D eigenvalue weighted by Gasteiger charge is -2.16. The number of nitrogens with zero attached hydrogens (tertiary/aromatic N) is 1. The van der Waals surface area contributed by atoms with Crippen molar-refractivity contribution in [1.29, 1.82) is 0 Å². The quantitative estimate of drug-likeness (QED) is 0.573. The minimum Gasteiger partial charge on any atom is -0.483 e. The summed E-state index contributed by atoms with van der Waals surface area (Å²) >= 11 is 3.50. The van der Waals surface area contributed by atoms with Gasteiger partial charge in [-0.3, -0.25) is 4.79 Å². The Hall–Kier alpha value is -1.90. The van der Waals surface area contributed by atoms with Gasteiger partial charge in [-0.2, -0.15) is 4.31 Å². The average Bonchev–Trinajstić information content (AvgIpc) is 3.28. The molecule has 8 heteroatoms. The van der Waals surface area contributed by atoms with Gasteiger partial charge in [-0.05, 0) is 83.1 Å². The Labute approximate surface area is 186 Å². The van der Waals surface area contributed by atoms with Crippen LogP contribution in [0.1, 0.15) is 44.6 Å². The zero-order valence-corrected chi connectivity index (χ0v) is 19.6. The van der Waals surface area contributed by atoms with Gasteiger partial charge in [0.2, 0.25) is 10.0 Å². The molecule has 3 rings (SSSR count). The standard InChI is InChI=1S/C22H27BrN2O4S/c1-3-16(2)17-6-11-21(20(23)14-17)29-15-22(26)24-18-7-9-19(10-8-18)30(27,28)25-12-4-5-13-25/h6-11,14,16H,3-5,12-13,15H2,1-2H3,(H,24,26). The van der Waals surface area contributed by atoms with Crippen LogP contribution < -0.4 is 10.1 Å². The van der Waals surface area contributed by atoms with E-state index in [0.29, 0.717) is 30.4 Å². The van der Waals surface area contributed by atoms with E-state index in [-0.39, 0.29) is 17.4 Å². The van der Waals surface area contributed by atoms with Gasteiger partial charge in [-0.25, -0.2) is 8.42 Å². The van der Waals surface area contributed by atoms with Crippen molar-refractivity contribution in [2.24, 2.45) is 0 Å². The minimum atomic E-state index is -3.46. The lowest BCUT2D eigenvalue weighted by molar-refractivity contribution is -0.118. The first kappa shape index (κ1) is 22.8. The Morgan fingerprint density at radius 2 is 1.83 bits per heavy atom. The third-order valence-electron chi connectivity index (χ3n) is 5.34. The fraction of sp³-hybridized carbons (Fsp3) is 0.409. The maximum Gasteiger partial charge on any atom is 0.262 e. The molecule has 2 aromatic carbocycles. The van der Waals surface area contributed by atoms with Gasteiger partial charge in [0.05, 0.1) is 9.37 Å². The number of carbonyl (C=O) groups excluding carboxylic acids is 1. The summed E-state index contributed by atoms with van der Waals surface area (Å²) in [5.41, 5.74) is 1.74. The Balaban J connectivity index is 1.56. The highest BCUT2D eigenvalue weighted by molar-refractivity contribution is 9.10. The van der Waals surface area contributed by atoms with Crippen molar-refractivity contribution in [3.8, 4) is 5.75 Å². The largest absolute Gasteiger partial charge is 0.483 e. The van der Waals surface area contributed by atoms with Crippen LogP contribution in [-0.2, 0) is 14.8 Å². The van der Waals surface area contributed by atoms with Crippen molar-refractivity contribution in [1.82, 2.24) is 4.31 Å². The molecule has 1 amide bonds. The summed E-state index contributed by atoms with van der Waals surface area (Å²) in [6, 6.07) is 12.1. The predicted octanol–water partition coefficient (Wildman–Crippen LogP) is 4.76. The summed E-state index contributed by atoms with van der Waals surface area (Å²) in [7, 11) is -3.46. The second kappa shape index (κ2) is 9.94. The molecule has 1 N–H and O–H groups in total. The topological polar surface area (TPSA) is 75.7 Å². The van der Waals surface area contributed by atoms with Crippen molar-refractivity contribution in [2.45, 2.75) is 43.9 Å². The molecule has 2 aromatic rings. The van der Waals surface area contributed by atoms with Crippen molar-refractivity contribution >= 4 is 37.5 Å². The highest BCUT2D eigenvalue weighted by atomic mass is 79.9. The highest BCUT2D eigenvalue weighted by Gasteiger charge is 2.26. The maximum absolute atomic E-state index is 12.6. The molecule has 6 nitrogen and oxygen atoms in total. The molecule has 1 fully saturated rings. The number of rotatable bonds is 8. The average molecular weight is 495 g/mol. The molecule has 0 spiro atoms. The number of benzene rings is 2. The van der Waals surface area contributed by atoms with E-state index >= 15 is 0 Å². The third-order valence-corrected chi connectivity index (χ3v) is 7.87.